The third-order valence-corrected chi connectivity index (χ3v) is 6.34. The van der Waals surface area contributed by atoms with Crippen molar-refractivity contribution in [2.24, 2.45) is 0 Å². The van der Waals surface area contributed by atoms with Gasteiger partial charge < -0.3 is 9.32 Å². The fourth-order valence-electron chi connectivity index (χ4n) is 3.40. The number of anilines is 1. The molecule has 10 heteroatoms. The van der Waals surface area contributed by atoms with Crippen LogP contribution >= 0.6 is 0 Å². The molecule has 0 saturated heterocycles. The predicted molar refractivity (Wildman–Crippen MR) is 106 cm³/mol. The molecule has 0 bridgehead atoms. The number of benzene rings is 2. The minimum atomic E-state index is -4.65. The molecule has 0 aliphatic carbocycles. The highest BCUT2D eigenvalue weighted by Crippen LogP contribution is 2.31. The van der Waals surface area contributed by atoms with Crippen LogP contribution in [0.15, 0.2) is 70.2 Å². The number of carbonyl (C=O) groups is 1. The quantitative estimate of drug-likeness (QED) is 0.643. The standard InChI is InChI=1S/C21H17F3N2O4S/c22-21(23,24)16-3-1-4-18(12-16)31(28,29)25-17-7-6-14-8-9-26(13-15(14)11-17)20(27)19-5-2-10-30-19/h1-7,10-12,25H,8-9,13H2. The normalized spacial score (nSPS) is 14.2. The Hall–Kier alpha value is -3.27. The van der Waals surface area contributed by atoms with Crippen LogP contribution in [0.3, 0.4) is 0 Å². The van der Waals surface area contributed by atoms with Gasteiger partial charge in [-0.2, -0.15) is 13.2 Å². The van der Waals surface area contributed by atoms with E-state index in [9.17, 15) is 26.4 Å². The van der Waals surface area contributed by atoms with Crippen molar-refractivity contribution in [2.45, 2.75) is 24.0 Å². The van der Waals surface area contributed by atoms with Crippen molar-refractivity contribution < 1.29 is 30.8 Å². The average Bonchev–Trinajstić information content (AvgIpc) is 3.27. The molecule has 1 amide bonds. The summed E-state index contributed by atoms with van der Waals surface area (Å²) in [5.41, 5.74) is 0.859. The second-order valence-electron chi connectivity index (χ2n) is 7.07. The van der Waals surface area contributed by atoms with Crippen LogP contribution in [0.4, 0.5) is 18.9 Å². The molecule has 2 heterocycles. The summed E-state index contributed by atoms with van der Waals surface area (Å²) < 4.78 is 71.5. The molecule has 0 radical (unpaired) electrons. The van der Waals surface area contributed by atoms with E-state index < -0.39 is 26.7 Å². The Bertz CT molecular complexity index is 1220. The maximum atomic E-state index is 12.9. The maximum Gasteiger partial charge on any atom is 0.416 e. The zero-order valence-corrected chi connectivity index (χ0v) is 16.8. The van der Waals surface area contributed by atoms with E-state index in [0.29, 0.717) is 19.0 Å². The Kier molecular flexibility index (Phi) is 5.26. The summed E-state index contributed by atoms with van der Waals surface area (Å²) in [5, 5.41) is 0. The molecule has 0 saturated carbocycles. The maximum absolute atomic E-state index is 12.9. The molecule has 0 unspecified atom stereocenters. The van der Waals surface area contributed by atoms with Crippen LogP contribution in [-0.2, 0) is 29.2 Å². The molecular formula is C21H17F3N2O4S. The number of fused-ring (bicyclic) bond motifs is 1. The number of nitrogens with zero attached hydrogens (tertiary/aromatic N) is 1. The first-order valence-corrected chi connectivity index (χ1v) is 10.8. The van der Waals surface area contributed by atoms with Gasteiger partial charge in [-0.3, -0.25) is 9.52 Å². The first-order chi connectivity index (χ1) is 14.6. The number of nitrogens with one attached hydrogen (secondary N) is 1. The number of hydrogen-bond acceptors (Lipinski definition) is 4. The Morgan fingerprint density at radius 1 is 1.03 bits per heavy atom. The van der Waals surface area contributed by atoms with Crippen molar-refractivity contribution in [3.63, 3.8) is 0 Å². The summed E-state index contributed by atoms with van der Waals surface area (Å²) in [4.78, 5) is 13.6. The van der Waals surface area contributed by atoms with Crippen molar-refractivity contribution >= 4 is 21.6 Å². The van der Waals surface area contributed by atoms with Crippen molar-refractivity contribution in [3.8, 4) is 0 Å². The second-order valence-corrected chi connectivity index (χ2v) is 8.75. The number of furan rings is 1. The van der Waals surface area contributed by atoms with Gasteiger partial charge in [0.1, 0.15) is 0 Å². The molecule has 1 N–H and O–H groups in total. The van der Waals surface area contributed by atoms with Crippen LogP contribution in [0.1, 0.15) is 27.2 Å². The summed E-state index contributed by atoms with van der Waals surface area (Å²) in [6.07, 6.45) is -2.66. The van der Waals surface area contributed by atoms with Crippen LogP contribution in [0.2, 0.25) is 0 Å². The van der Waals surface area contributed by atoms with Crippen molar-refractivity contribution in [1.82, 2.24) is 4.90 Å². The fraction of sp³-hybridized carbons (Fsp3) is 0.190. The molecule has 0 fully saturated rings. The third kappa shape index (κ3) is 4.43. The SMILES string of the molecule is O=C(c1ccco1)N1CCc2ccc(NS(=O)(=O)c3cccc(C(F)(F)F)c3)cc2C1. The Morgan fingerprint density at radius 2 is 1.84 bits per heavy atom. The minimum absolute atomic E-state index is 0.198. The fourth-order valence-corrected chi connectivity index (χ4v) is 4.50. The first kappa shape index (κ1) is 21.0. The average molecular weight is 450 g/mol. The Labute approximate surface area is 176 Å². The zero-order chi connectivity index (χ0) is 22.2. The molecule has 0 atom stereocenters. The predicted octanol–water partition coefficient (Wildman–Crippen LogP) is 4.30. The monoisotopic (exact) mass is 450 g/mol. The molecular weight excluding hydrogens is 433 g/mol. The van der Waals surface area contributed by atoms with Gasteiger partial charge in [0.25, 0.3) is 15.9 Å². The summed E-state index contributed by atoms with van der Waals surface area (Å²) in [6.45, 7) is 0.746. The molecule has 31 heavy (non-hydrogen) atoms. The first-order valence-electron chi connectivity index (χ1n) is 9.28. The number of rotatable bonds is 4. The molecule has 4 rings (SSSR count). The number of carbonyl (C=O) groups excluding carboxylic acids is 1. The summed E-state index contributed by atoms with van der Waals surface area (Å²) >= 11 is 0. The van der Waals surface area contributed by atoms with Gasteiger partial charge in [-0.05, 0) is 60.0 Å². The molecule has 1 aromatic heterocycles. The third-order valence-electron chi connectivity index (χ3n) is 4.96. The van der Waals surface area contributed by atoms with Crippen LogP contribution in [0, 0.1) is 0 Å². The number of amides is 1. The van der Waals surface area contributed by atoms with Gasteiger partial charge in [0.15, 0.2) is 5.76 Å². The lowest BCUT2D eigenvalue weighted by Gasteiger charge is -2.28. The van der Waals surface area contributed by atoms with Crippen LogP contribution in [-0.4, -0.2) is 25.8 Å². The van der Waals surface area contributed by atoms with Crippen LogP contribution < -0.4 is 4.72 Å². The van der Waals surface area contributed by atoms with E-state index in [1.165, 1.54) is 6.26 Å². The molecule has 1 aliphatic rings. The highest BCUT2D eigenvalue weighted by Gasteiger charge is 2.32. The molecule has 3 aromatic rings. The van der Waals surface area contributed by atoms with Crippen molar-refractivity contribution in [3.05, 3.63) is 83.3 Å². The molecule has 6 nitrogen and oxygen atoms in total. The highest BCUT2D eigenvalue weighted by molar-refractivity contribution is 7.92. The van der Waals surface area contributed by atoms with Crippen molar-refractivity contribution in [2.75, 3.05) is 11.3 Å². The molecule has 2 aromatic carbocycles. The van der Waals surface area contributed by atoms with E-state index in [1.54, 1.807) is 35.2 Å². The van der Waals surface area contributed by atoms with Gasteiger partial charge >= 0.3 is 6.18 Å². The Morgan fingerprint density at radius 3 is 2.55 bits per heavy atom. The van der Waals surface area contributed by atoms with Crippen molar-refractivity contribution in [1.29, 1.82) is 0 Å². The lowest BCUT2D eigenvalue weighted by molar-refractivity contribution is -0.137. The lowest BCUT2D eigenvalue weighted by Crippen LogP contribution is -2.35. The smallest absolute Gasteiger partial charge is 0.416 e. The topological polar surface area (TPSA) is 79.6 Å². The summed E-state index contributed by atoms with van der Waals surface area (Å²) in [5.74, 6) is -0.0598. The lowest BCUT2D eigenvalue weighted by atomic mass is 9.99. The summed E-state index contributed by atoms with van der Waals surface area (Å²) in [7, 11) is -4.23. The van der Waals surface area contributed by atoms with Gasteiger partial charge in [0.05, 0.1) is 16.7 Å². The number of halogens is 3. The molecule has 162 valence electrons. The minimum Gasteiger partial charge on any atom is -0.459 e. The van der Waals surface area contributed by atoms with E-state index in [0.717, 1.165) is 29.3 Å². The van der Waals surface area contributed by atoms with E-state index in [4.69, 9.17) is 4.42 Å². The van der Waals surface area contributed by atoms with Crippen LogP contribution in [0.5, 0.6) is 0 Å². The van der Waals surface area contributed by atoms with E-state index in [-0.39, 0.29) is 23.9 Å². The van der Waals surface area contributed by atoms with Gasteiger partial charge in [-0.25, -0.2) is 8.42 Å². The van der Waals surface area contributed by atoms with Gasteiger partial charge in [0.2, 0.25) is 0 Å². The van der Waals surface area contributed by atoms with Gasteiger partial charge in [-0.15, -0.1) is 0 Å². The Balaban J connectivity index is 1.56. The summed E-state index contributed by atoms with van der Waals surface area (Å²) in [6, 6.07) is 11.6. The zero-order valence-electron chi connectivity index (χ0n) is 16.0. The largest absolute Gasteiger partial charge is 0.459 e. The number of alkyl halides is 3. The number of hydrogen-bond donors (Lipinski definition) is 1. The molecule has 0 spiro atoms. The van der Waals surface area contributed by atoms with Gasteiger partial charge in [-0.1, -0.05) is 12.1 Å². The van der Waals surface area contributed by atoms with E-state index in [2.05, 4.69) is 4.72 Å². The highest BCUT2D eigenvalue weighted by atomic mass is 32.2. The van der Waals surface area contributed by atoms with E-state index in [1.807, 2.05) is 0 Å². The molecule has 1 aliphatic heterocycles. The van der Waals surface area contributed by atoms with Crippen LogP contribution in [0.25, 0.3) is 0 Å². The number of sulfonamides is 1. The van der Waals surface area contributed by atoms with Gasteiger partial charge in [0, 0.05) is 18.8 Å². The van der Waals surface area contributed by atoms with E-state index >= 15 is 0 Å². The second kappa shape index (κ2) is 7.77.